The first-order valence-corrected chi connectivity index (χ1v) is 8.86. The fraction of sp³-hybridized carbons (Fsp3) is 0.300. The van der Waals surface area contributed by atoms with Gasteiger partial charge >= 0.3 is 0 Å². The summed E-state index contributed by atoms with van der Waals surface area (Å²) in [6.45, 7) is 2.87. The van der Waals surface area contributed by atoms with E-state index in [0.29, 0.717) is 11.5 Å². The van der Waals surface area contributed by atoms with Crippen LogP contribution in [0.1, 0.15) is 35.7 Å². The van der Waals surface area contributed by atoms with Crippen molar-refractivity contribution in [1.29, 1.82) is 5.26 Å². The summed E-state index contributed by atoms with van der Waals surface area (Å²) in [5.41, 5.74) is 2.87. The number of rotatable bonds is 4. The number of nitrogens with zero attached hydrogens (tertiary/aromatic N) is 5. The van der Waals surface area contributed by atoms with Gasteiger partial charge in [0.25, 0.3) is 0 Å². The van der Waals surface area contributed by atoms with Crippen molar-refractivity contribution < 1.29 is 0 Å². The zero-order valence-corrected chi connectivity index (χ0v) is 14.5. The number of H-pyrrole nitrogens is 1. The third-order valence-corrected chi connectivity index (χ3v) is 4.80. The topological polar surface area (TPSA) is 81.5 Å². The van der Waals surface area contributed by atoms with Crippen LogP contribution in [0.3, 0.4) is 0 Å². The van der Waals surface area contributed by atoms with Gasteiger partial charge in [0.2, 0.25) is 0 Å². The van der Waals surface area contributed by atoms with E-state index in [0.717, 1.165) is 49.7 Å². The third-order valence-electron chi connectivity index (χ3n) is 4.80. The molecule has 0 radical (unpaired) electrons. The van der Waals surface area contributed by atoms with Gasteiger partial charge in [-0.15, -0.1) is 0 Å². The molecule has 1 atom stereocenters. The molecule has 4 rings (SSSR count). The van der Waals surface area contributed by atoms with Crippen LogP contribution in [0.2, 0.25) is 0 Å². The lowest BCUT2D eigenvalue weighted by Gasteiger charge is -2.31. The Labute approximate surface area is 152 Å². The molecule has 0 aliphatic carbocycles. The highest BCUT2D eigenvalue weighted by Gasteiger charge is 2.24. The zero-order chi connectivity index (χ0) is 17.8. The predicted molar refractivity (Wildman–Crippen MR) is 98.0 cm³/mol. The van der Waals surface area contributed by atoms with Gasteiger partial charge in [0.15, 0.2) is 5.82 Å². The maximum atomic E-state index is 9.07. The molecule has 0 spiro atoms. The lowest BCUT2D eigenvalue weighted by Crippen LogP contribution is -2.34. The van der Waals surface area contributed by atoms with Crippen molar-refractivity contribution in [2.24, 2.45) is 0 Å². The van der Waals surface area contributed by atoms with Crippen LogP contribution in [-0.4, -0.2) is 38.2 Å². The number of benzene rings is 1. The number of nitrogens with one attached hydrogen (secondary N) is 1. The molecular weight excluding hydrogens is 324 g/mol. The Morgan fingerprint density at radius 1 is 1.23 bits per heavy atom. The first-order valence-electron chi connectivity index (χ1n) is 8.86. The quantitative estimate of drug-likeness (QED) is 0.786. The molecule has 3 heterocycles. The summed E-state index contributed by atoms with van der Waals surface area (Å²) in [4.78, 5) is 11.2. The largest absolute Gasteiger partial charge is 0.298 e. The number of aromatic nitrogens is 4. The van der Waals surface area contributed by atoms with Gasteiger partial charge in [0.05, 0.1) is 11.6 Å². The molecule has 26 heavy (non-hydrogen) atoms. The van der Waals surface area contributed by atoms with Crippen molar-refractivity contribution >= 4 is 0 Å². The second kappa shape index (κ2) is 7.46. The molecule has 0 bridgehead atoms. The predicted octanol–water partition coefficient (Wildman–Crippen LogP) is 3.12. The summed E-state index contributed by atoms with van der Waals surface area (Å²) in [5, 5.41) is 16.6. The lowest BCUT2D eigenvalue weighted by molar-refractivity contribution is 0.197. The molecule has 6 heteroatoms. The summed E-state index contributed by atoms with van der Waals surface area (Å²) in [5.74, 6) is 2.03. The first kappa shape index (κ1) is 16.4. The molecule has 0 unspecified atom stereocenters. The molecule has 1 aliphatic heterocycles. The van der Waals surface area contributed by atoms with E-state index in [1.165, 1.54) is 5.56 Å². The van der Waals surface area contributed by atoms with Gasteiger partial charge in [-0.3, -0.25) is 15.0 Å². The van der Waals surface area contributed by atoms with Crippen molar-refractivity contribution in [3.63, 3.8) is 0 Å². The minimum atomic E-state index is 0.353. The van der Waals surface area contributed by atoms with Gasteiger partial charge in [-0.05, 0) is 49.2 Å². The summed E-state index contributed by atoms with van der Waals surface area (Å²) >= 11 is 0. The summed E-state index contributed by atoms with van der Waals surface area (Å²) in [7, 11) is 0. The second-order valence-electron chi connectivity index (χ2n) is 6.67. The van der Waals surface area contributed by atoms with Crippen LogP contribution < -0.4 is 0 Å². The van der Waals surface area contributed by atoms with Crippen LogP contribution in [0.25, 0.3) is 11.4 Å². The van der Waals surface area contributed by atoms with E-state index in [4.69, 9.17) is 10.2 Å². The first-order chi connectivity index (χ1) is 12.8. The van der Waals surface area contributed by atoms with E-state index in [1.54, 1.807) is 12.4 Å². The molecule has 1 aromatic carbocycles. The summed E-state index contributed by atoms with van der Waals surface area (Å²) in [6.07, 6.45) is 5.75. The molecular formula is C20H20N6. The van der Waals surface area contributed by atoms with E-state index in [1.807, 2.05) is 30.3 Å². The maximum absolute atomic E-state index is 9.07. The van der Waals surface area contributed by atoms with Crippen LogP contribution in [0.5, 0.6) is 0 Å². The number of hydrogen-bond acceptors (Lipinski definition) is 5. The number of pyridine rings is 1. The van der Waals surface area contributed by atoms with Crippen molar-refractivity contribution in [3.8, 4) is 17.5 Å². The Bertz CT molecular complexity index is 911. The van der Waals surface area contributed by atoms with Crippen LogP contribution in [-0.2, 0) is 6.54 Å². The average molecular weight is 344 g/mol. The fourth-order valence-electron chi connectivity index (χ4n) is 3.51. The van der Waals surface area contributed by atoms with E-state index in [-0.39, 0.29) is 0 Å². The molecule has 1 fully saturated rings. The molecule has 0 amide bonds. The third kappa shape index (κ3) is 3.63. The lowest BCUT2D eigenvalue weighted by atomic mass is 9.97. The van der Waals surface area contributed by atoms with Crippen LogP contribution >= 0.6 is 0 Å². The van der Waals surface area contributed by atoms with Crippen LogP contribution in [0.4, 0.5) is 0 Å². The SMILES string of the molecule is N#Cc1cccc(CN2CCC[C@@H](c3nc(-c4ccncc4)n[nH]3)C2)c1. The van der Waals surface area contributed by atoms with Gasteiger partial charge in [0.1, 0.15) is 5.82 Å². The van der Waals surface area contributed by atoms with Gasteiger partial charge in [-0.2, -0.15) is 10.4 Å². The number of likely N-dealkylation sites (tertiary alicyclic amines) is 1. The van der Waals surface area contributed by atoms with Crippen LogP contribution in [0, 0.1) is 11.3 Å². The number of hydrogen-bond donors (Lipinski definition) is 1. The minimum Gasteiger partial charge on any atom is -0.298 e. The van der Waals surface area contributed by atoms with E-state index in [2.05, 4.69) is 32.2 Å². The molecule has 3 aromatic rings. The van der Waals surface area contributed by atoms with E-state index < -0.39 is 0 Å². The van der Waals surface area contributed by atoms with Gasteiger partial charge in [0, 0.05) is 37.0 Å². The zero-order valence-electron chi connectivity index (χ0n) is 14.5. The Morgan fingerprint density at radius 3 is 2.96 bits per heavy atom. The fourth-order valence-corrected chi connectivity index (χ4v) is 3.51. The van der Waals surface area contributed by atoms with Gasteiger partial charge in [-0.25, -0.2) is 4.98 Å². The molecule has 0 saturated carbocycles. The second-order valence-corrected chi connectivity index (χ2v) is 6.67. The maximum Gasteiger partial charge on any atom is 0.181 e. The number of piperidine rings is 1. The average Bonchev–Trinajstić information content (AvgIpc) is 3.19. The van der Waals surface area contributed by atoms with Crippen LogP contribution in [0.15, 0.2) is 48.8 Å². The standard InChI is InChI=1S/C20H20N6/c21-12-15-3-1-4-16(11-15)13-26-10-2-5-18(14-26)20-23-19(24-25-20)17-6-8-22-9-7-17/h1,3-4,6-9,11,18H,2,5,10,13-14H2,(H,23,24,25)/t18-/m1/s1. The van der Waals surface area contributed by atoms with Gasteiger partial charge in [-0.1, -0.05) is 12.1 Å². The molecule has 6 nitrogen and oxygen atoms in total. The monoisotopic (exact) mass is 344 g/mol. The normalized spacial score (nSPS) is 17.7. The number of aromatic amines is 1. The highest BCUT2D eigenvalue weighted by molar-refractivity contribution is 5.53. The van der Waals surface area contributed by atoms with Gasteiger partial charge < -0.3 is 0 Å². The molecule has 1 aliphatic rings. The van der Waals surface area contributed by atoms with Crippen molar-refractivity contribution in [1.82, 2.24) is 25.1 Å². The van der Waals surface area contributed by atoms with Crippen molar-refractivity contribution in [3.05, 3.63) is 65.7 Å². The van der Waals surface area contributed by atoms with Crippen molar-refractivity contribution in [2.45, 2.75) is 25.3 Å². The summed E-state index contributed by atoms with van der Waals surface area (Å²) in [6, 6.07) is 13.9. The minimum absolute atomic E-state index is 0.353. The smallest absolute Gasteiger partial charge is 0.181 e. The summed E-state index contributed by atoms with van der Waals surface area (Å²) < 4.78 is 0. The highest BCUT2D eigenvalue weighted by atomic mass is 15.2. The number of nitriles is 1. The highest BCUT2D eigenvalue weighted by Crippen LogP contribution is 2.27. The molecule has 1 saturated heterocycles. The molecule has 130 valence electrons. The Morgan fingerprint density at radius 2 is 2.12 bits per heavy atom. The van der Waals surface area contributed by atoms with E-state index in [9.17, 15) is 0 Å². The van der Waals surface area contributed by atoms with E-state index >= 15 is 0 Å². The molecule has 2 aromatic heterocycles. The Kier molecular flexibility index (Phi) is 4.71. The molecule has 1 N–H and O–H groups in total. The Balaban J connectivity index is 1.45. The Hall–Kier alpha value is -3.04. The van der Waals surface area contributed by atoms with Crippen molar-refractivity contribution in [2.75, 3.05) is 13.1 Å².